The second-order valence-electron chi connectivity index (χ2n) is 10.3. The summed E-state index contributed by atoms with van der Waals surface area (Å²) in [6.07, 6.45) is 0. The average molecular weight is 760 g/mol. The van der Waals surface area contributed by atoms with Gasteiger partial charge in [0.05, 0.1) is 30.8 Å². The molecule has 15 nitrogen and oxygen atoms in total. The van der Waals surface area contributed by atoms with E-state index in [0.29, 0.717) is 39.2 Å². The van der Waals surface area contributed by atoms with E-state index < -0.39 is 31.5 Å². The van der Waals surface area contributed by atoms with Gasteiger partial charge in [-0.25, -0.2) is 0 Å². The number of rotatable bonds is 12. The number of hydrogen-bond acceptors (Lipinski definition) is 14. The third kappa shape index (κ3) is 7.55. The van der Waals surface area contributed by atoms with Crippen LogP contribution in [0.3, 0.4) is 0 Å². The molecule has 5 aromatic rings. The van der Waals surface area contributed by atoms with Crippen molar-refractivity contribution in [2.24, 2.45) is 0 Å². The molecule has 2 amide bonds. The molecule has 6 rings (SSSR count). The molecule has 0 radical (unpaired) electrons. The quantitative estimate of drug-likeness (QED) is 0.0714. The number of non-ortho nitro benzene ring substituents is 4. The predicted molar refractivity (Wildman–Crippen MR) is 187 cm³/mol. The van der Waals surface area contributed by atoms with Gasteiger partial charge in [0.1, 0.15) is 0 Å². The van der Waals surface area contributed by atoms with Crippen LogP contribution in [0.1, 0.15) is 20.7 Å². The normalized spacial score (nSPS) is 11.9. The summed E-state index contributed by atoms with van der Waals surface area (Å²) in [6, 6.07) is 22.5. The van der Waals surface area contributed by atoms with Crippen molar-refractivity contribution >= 4 is 81.6 Å². The third-order valence-electron chi connectivity index (χ3n) is 7.07. The smallest absolute Gasteiger partial charge is 0.269 e. The van der Waals surface area contributed by atoms with Gasteiger partial charge in [-0.2, -0.15) is 0 Å². The lowest BCUT2D eigenvalue weighted by Crippen LogP contribution is -2.20. The van der Waals surface area contributed by atoms with Crippen molar-refractivity contribution in [3.05, 3.63) is 149 Å². The first kappa shape index (κ1) is 35.1. The zero-order chi connectivity index (χ0) is 36.4. The van der Waals surface area contributed by atoms with E-state index in [1.165, 1.54) is 97.1 Å². The number of nitrogens with zero attached hydrogens (tertiary/aromatic N) is 4. The van der Waals surface area contributed by atoms with E-state index in [1.54, 1.807) is 0 Å². The van der Waals surface area contributed by atoms with E-state index in [1.807, 2.05) is 0 Å². The number of nitro benzene ring substituents is 4. The maximum Gasteiger partial charge on any atom is 0.269 e. The molecule has 5 aromatic carbocycles. The number of fused-ring (bicyclic) bond motifs is 1. The summed E-state index contributed by atoms with van der Waals surface area (Å²) in [7, 11) is 0. The molecule has 0 aromatic heterocycles. The highest BCUT2D eigenvalue weighted by Crippen LogP contribution is 2.54. The Labute approximate surface area is 302 Å². The van der Waals surface area contributed by atoms with Crippen molar-refractivity contribution in [1.29, 1.82) is 0 Å². The van der Waals surface area contributed by atoms with Gasteiger partial charge < -0.3 is 0 Å². The van der Waals surface area contributed by atoms with Crippen LogP contribution in [0.2, 0.25) is 0 Å². The first-order chi connectivity index (χ1) is 24.4. The highest BCUT2D eigenvalue weighted by molar-refractivity contribution is 8.05. The second-order valence-corrected chi connectivity index (χ2v) is 14.6. The molecule has 1 aliphatic rings. The lowest BCUT2D eigenvalue weighted by atomic mass is 10.1. The van der Waals surface area contributed by atoms with Gasteiger partial charge in [-0.05, 0) is 48.5 Å². The van der Waals surface area contributed by atoms with Crippen LogP contribution in [0.5, 0.6) is 0 Å². The zero-order valence-corrected chi connectivity index (χ0v) is 28.5. The lowest BCUT2D eigenvalue weighted by molar-refractivity contribution is -0.385. The van der Waals surface area contributed by atoms with Gasteiger partial charge >= 0.3 is 0 Å². The highest BCUT2D eigenvalue weighted by atomic mass is 32.2. The Morgan fingerprint density at radius 3 is 0.804 bits per heavy atom. The molecule has 0 spiro atoms. The average Bonchev–Trinajstić information content (AvgIpc) is 3.41. The van der Waals surface area contributed by atoms with E-state index in [2.05, 4.69) is 5.32 Å². The van der Waals surface area contributed by atoms with Gasteiger partial charge in [-0.15, -0.1) is 0 Å². The Balaban J connectivity index is 1.61. The van der Waals surface area contributed by atoms with Crippen LogP contribution in [0, 0.1) is 40.5 Å². The van der Waals surface area contributed by atoms with E-state index in [9.17, 15) is 50.0 Å². The minimum absolute atomic E-state index is 0.0187. The predicted octanol–water partition coefficient (Wildman–Crippen LogP) is 8.81. The largest absolute Gasteiger partial charge is 0.288 e. The summed E-state index contributed by atoms with van der Waals surface area (Å²) in [5.74, 6) is -1.41. The third-order valence-corrected chi connectivity index (χ3v) is 11.9. The molecule has 0 saturated carbocycles. The topological polar surface area (TPSA) is 219 Å². The van der Waals surface area contributed by atoms with E-state index in [-0.39, 0.29) is 33.9 Å². The Hall–Kier alpha value is -5.76. The number of benzene rings is 5. The molecule has 1 aliphatic heterocycles. The summed E-state index contributed by atoms with van der Waals surface area (Å²) < 4.78 is 0. The van der Waals surface area contributed by atoms with Crippen molar-refractivity contribution in [2.75, 3.05) is 0 Å². The first-order valence-corrected chi connectivity index (χ1v) is 17.4. The molecule has 0 unspecified atom stereocenters. The van der Waals surface area contributed by atoms with E-state index in [4.69, 9.17) is 0 Å². The SMILES string of the molecule is O=C1NC(=O)c2c(Sc3ccc([N+](=O)[O-])cc3)c(Sc3ccc([N+](=O)[O-])cc3)c(Sc3ccc([N+](=O)[O-])cc3)c(Sc3ccc([N+](=O)[O-])cc3)c21. The molecule has 0 aliphatic carbocycles. The maximum absolute atomic E-state index is 13.6. The van der Waals surface area contributed by atoms with Crippen molar-refractivity contribution in [3.8, 4) is 0 Å². The fourth-order valence-corrected chi connectivity index (χ4v) is 9.39. The van der Waals surface area contributed by atoms with E-state index >= 15 is 0 Å². The molecule has 51 heavy (non-hydrogen) atoms. The lowest BCUT2D eigenvalue weighted by Gasteiger charge is -2.21. The summed E-state index contributed by atoms with van der Waals surface area (Å²) in [6.45, 7) is 0. The Bertz CT molecular complexity index is 2110. The van der Waals surface area contributed by atoms with Crippen LogP contribution in [0.15, 0.2) is 136 Å². The molecular formula is C32H17N5O10S4. The van der Waals surface area contributed by atoms with Gasteiger partial charge in [0.25, 0.3) is 34.6 Å². The van der Waals surface area contributed by atoms with Gasteiger partial charge in [0.15, 0.2) is 0 Å². The molecule has 19 heteroatoms. The number of nitrogens with one attached hydrogen (secondary N) is 1. The maximum atomic E-state index is 13.6. The fraction of sp³-hybridized carbons (Fsp3) is 0. The molecule has 0 saturated heterocycles. The van der Waals surface area contributed by atoms with Gasteiger partial charge in [-0.1, -0.05) is 47.0 Å². The van der Waals surface area contributed by atoms with Gasteiger partial charge in [0, 0.05) is 87.7 Å². The van der Waals surface area contributed by atoms with Crippen molar-refractivity contribution in [1.82, 2.24) is 5.32 Å². The van der Waals surface area contributed by atoms with Crippen molar-refractivity contribution < 1.29 is 29.3 Å². The molecule has 1 heterocycles. The van der Waals surface area contributed by atoms with Crippen LogP contribution in [-0.2, 0) is 0 Å². The van der Waals surface area contributed by atoms with Gasteiger partial charge in [0.2, 0.25) is 0 Å². The van der Waals surface area contributed by atoms with Crippen LogP contribution in [-0.4, -0.2) is 31.5 Å². The number of carbonyl (C=O) groups excluding carboxylic acids is 2. The number of hydrogen-bond donors (Lipinski definition) is 1. The fourth-order valence-electron chi connectivity index (χ4n) is 4.72. The minimum Gasteiger partial charge on any atom is -0.288 e. The summed E-state index contributed by atoms with van der Waals surface area (Å²) >= 11 is 4.43. The molecule has 1 N–H and O–H groups in total. The molecular weight excluding hydrogens is 743 g/mol. The Kier molecular flexibility index (Phi) is 10.1. The van der Waals surface area contributed by atoms with E-state index in [0.717, 1.165) is 47.0 Å². The number of carbonyl (C=O) groups is 2. The van der Waals surface area contributed by atoms with Crippen molar-refractivity contribution in [3.63, 3.8) is 0 Å². The summed E-state index contributed by atoms with van der Waals surface area (Å²) in [4.78, 5) is 73.9. The molecule has 254 valence electrons. The molecule has 0 fully saturated rings. The number of nitro groups is 4. The number of imide groups is 1. The first-order valence-electron chi connectivity index (χ1n) is 14.2. The standard InChI is InChI=1S/C32H17N5O10S4/c38-31-25-26(32(39)33-31)28(49-22-11-3-18(4-12-22)35(42)43)30(51-24-15-7-20(8-16-24)37(46)47)29(50-23-13-5-19(6-14-23)36(44)45)27(25)48-21-9-1-17(2-10-21)34(40)41/h1-16H,(H,33,38,39). The minimum atomic E-state index is -0.706. The highest BCUT2D eigenvalue weighted by Gasteiger charge is 2.38. The summed E-state index contributed by atoms with van der Waals surface area (Å²) in [5.41, 5.74) is -0.609. The van der Waals surface area contributed by atoms with Crippen LogP contribution in [0.25, 0.3) is 0 Å². The molecule has 0 bridgehead atoms. The van der Waals surface area contributed by atoms with Crippen molar-refractivity contribution in [2.45, 2.75) is 39.2 Å². The Morgan fingerprint density at radius 1 is 0.373 bits per heavy atom. The van der Waals surface area contributed by atoms with Crippen LogP contribution < -0.4 is 5.32 Å². The van der Waals surface area contributed by atoms with Gasteiger partial charge in [-0.3, -0.25) is 55.4 Å². The van der Waals surface area contributed by atoms with Crippen LogP contribution >= 0.6 is 47.0 Å². The monoisotopic (exact) mass is 759 g/mol. The molecule has 0 atom stereocenters. The Morgan fingerprint density at radius 2 is 0.588 bits per heavy atom. The number of amides is 2. The zero-order valence-electron chi connectivity index (χ0n) is 25.2. The van der Waals surface area contributed by atoms with Crippen LogP contribution in [0.4, 0.5) is 22.7 Å². The second kappa shape index (κ2) is 14.6. The summed E-state index contributed by atoms with van der Waals surface area (Å²) in [5, 5.41) is 47.8.